The Bertz CT molecular complexity index is 2110. The van der Waals surface area contributed by atoms with Gasteiger partial charge >= 0.3 is 22.3 Å². The largest absolute Gasteiger partial charge is 0.493 e. The molecule has 1 N–H and O–H groups in total. The summed E-state index contributed by atoms with van der Waals surface area (Å²) in [4.78, 5) is 26.4. The van der Waals surface area contributed by atoms with Crippen LogP contribution in [0.1, 0.15) is 44.7 Å². The van der Waals surface area contributed by atoms with Gasteiger partial charge in [-0.05, 0) is 43.7 Å². The number of esters is 2. The van der Waals surface area contributed by atoms with Crippen molar-refractivity contribution in [2.24, 2.45) is 0 Å². The molecule has 0 unspecified atom stereocenters. The number of carbonyl (C=O) groups excluding carboxylic acids is 2. The van der Waals surface area contributed by atoms with Gasteiger partial charge in [0.05, 0.1) is 20.8 Å². The van der Waals surface area contributed by atoms with Crippen LogP contribution >= 0.6 is 0 Å². The normalized spacial score (nSPS) is 11.4. The summed E-state index contributed by atoms with van der Waals surface area (Å²) < 4.78 is 86.5. The second-order valence-electron chi connectivity index (χ2n) is 10.2. The highest BCUT2D eigenvalue weighted by Gasteiger charge is 2.27. The quantitative estimate of drug-likeness (QED) is 0.0785. The number of benzene rings is 3. The molecule has 0 atom stereocenters. The average Bonchev–Trinajstić information content (AvgIpc) is 3.59. The van der Waals surface area contributed by atoms with Crippen molar-refractivity contribution in [2.45, 2.75) is 27.1 Å². The standard InChI is InChI=1S/C33H32O15S/c1-6-42-33(35)31-22-12-28(48-49(36,37)38)26(41-5)14-24(22)47-29(31)16-43-27-11-21-23(13-25(27)40-4)46-18(2)30(21)32(34)44-15-19-8-7-9-20(10-19)45-17-39-3/h7-14H,6,15-17H2,1-5H3,(H,36,37,38). The van der Waals surface area contributed by atoms with Gasteiger partial charge in [-0.25, -0.2) is 9.59 Å². The van der Waals surface area contributed by atoms with Crippen molar-refractivity contribution < 1.29 is 68.7 Å². The molecule has 0 aliphatic rings. The fourth-order valence-electron chi connectivity index (χ4n) is 4.99. The summed E-state index contributed by atoms with van der Waals surface area (Å²) in [6.45, 7) is 2.93. The molecule has 0 aliphatic heterocycles. The third kappa shape index (κ3) is 7.83. The van der Waals surface area contributed by atoms with E-state index in [1.54, 1.807) is 44.2 Å². The van der Waals surface area contributed by atoms with Crippen molar-refractivity contribution in [3.05, 3.63) is 76.7 Å². The van der Waals surface area contributed by atoms with Gasteiger partial charge in [0.25, 0.3) is 0 Å². The van der Waals surface area contributed by atoms with Crippen LogP contribution in [-0.4, -0.2) is 59.6 Å². The van der Waals surface area contributed by atoms with Gasteiger partial charge in [0.2, 0.25) is 0 Å². The SMILES string of the molecule is CCOC(=O)c1c(COc2cc3c(C(=O)OCc4cccc(OCOC)c4)c(C)oc3cc2OC)oc2cc(OC)c(OS(=O)(=O)O)cc12. The van der Waals surface area contributed by atoms with Gasteiger partial charge in [0, 0.05) is 30.0 Å². The minimum atomic E-state index is -4.93. The Hall–Kier alpha value is -5.45. The lowest BCUT2D eigenvalue weighted by molar-refractivity contribution is 0.0460. The van der Waals surface area contributed by atoms with Crippen LogP contribution < -0.4 is 23.1 Å². The number of aryl methyl sites for hydroxylation is 1. The van der Waals surface area contributed by atoms with Crippen molar-refractivity contribution >= 4 is 44.3 Å². The van der Waals surface area contributed by atoms with E-state index in [2.05, 4.69) is 4.18 Å². The Morgan fingerprint density at radius 3 is 2.10 bits per heavy atom. The van der Waals surface area contributed by atoms with E-state index < -0.39 is 28.1 Å². The van der Waals surface area contributed by atoms with Gasteiger partial charge in [-0.1, -0.05) is 12.1 Å². The number of furan rings is 2. The Morgan fingerprint density at radius 1 is 0.776 bits per heavy atom. The van der Waals surface area contributed by atoms with Crippen molar-refractivity contribution in [3.63, 3.8) is 0 Å². The fraction of sp³-hybridized carbons (Fsp3) is 0.273. The average molecular weight is 701 g/mol. The third-order valence-corrected chi connectivity index (χ3v) is 7.44. The molecule has 5 rings (SSSR count). The number of carbonyl (C=O) groups is 2. The summed E-state index contributed by atoms with van der Waals surface area (Å²) in [6.07, 6.45) is 0. The van der Waals surface area contributed by atoms with E-state index in [4.69, 9.17) is 42.0 Å². The van der Waals surface area contributed by atoms with Crippen LogP contribution in [0.15, 0.2) is 57.4 Å². The summed E-state index contributed by atoms with van der Waals surface area (Å²) in [6, 6.07) is 12.5. The summed E-state index contributed by atoms with van der Waals surface area (Å²) in [5, 5.41) is 0.479. The molecule has 0 saturated carbocycles. The van der Waals surface area contributed by atoms with Crippen LogP contribution in [0.2, 0.25) is 0 Å². The smallest absolute Gasteiger partial charge is 0.446 e. The van der Waals surface area contributed by atoms with E-state index in [1.807, 2.05) is 0 Å². The lowest BCUT2D eigenvalue weighted by atomic mass is 10.1. The van der Waals surface area contributed by atoms with E-state index in [1.165, 1.54) is 33.5 Å². The number of fused-ring (bicyclic) bond motifs is 2. The van der Waals surface area contributed by atoms with Crippen LogP contribution in [-0.2, 0) is 37.8 Å². The summed E-state index contributed by atoms with van der Waals surface area (Å²) >= 11 is 0. The second-order valence-corrected chi connectivity index (χ2v) is 11.2. The molecule has 0 amide bonds. The van der Waals surface area contributed by atoms with Crippen molar-refractivity contribution in [3.8, 4) is 28.7 Å². The van der Waals surface area contributed by atoms with Crippen LogP contribution in [0.4, 0.5) is 0 Å². The predicted octanol–water partition coefficient (Wildman–Crippen LogP) is 5.78. The number of rotatable bonds is 15. The number of methoxy groups -OCH3 is 3. The first-order valence-corrected chi connectivity index (χ1v) is 15.9. The molecule has 0 bridgehead atoms. The molecule has 2 aromatic heterocycles. The van der Waals surface area contributed by atoms with Crippen LogP contribution in [0.3, 0.4) is 0 Å². The lowest BCUT2D eigenvalue weighted by Gasteiger charge is -2.11. The Kier molecular flexibility index (Phi) is 10.5. The molecule has 0 fully saturated rings. The molecular formula is C33H32O15S. The van der Waals surface area contributed by atoms with E-state index >= 15 is 0 Å². The Morgan fingerprint density at radius 2 is 1.43 bits per heavy atom. The number of hydrogen-bond donors (Lipinski definition) is 1. The maximum absolute atomic E-state index is 13.3. The maximum atomic E-state index is 13.3. The molecule has 16 heteroatoms. The fourth-order valence-corrected chi connectivity index (χ4v) is 5.35. The molecule has 49 heavy (non-hydrogen) atoms. The van der Waals surface area contributed by atoms with Crippen molar-refractivity contribution in [2.75, 3.05) is 34.7 Å². The van der Waals surface area contributed by atoms with Gasteiger partial charge in [-0.2, -0.15) is 8.42 Å². The van der Waals surface area contributed by atoms with Gasteiger partial charge in [0.1, 0.15) is 47.0 Å². The lowest BCUT2D eigenvalue weighted by Crippen LogP contribution is -2.09. The van der Waals surface area contributed by atoms with Gasteiger partial charge in [0.15, 0.2) is 35.6 Å². The molecule has 0 saturated heterocycles. The molecule has 15 nitrogen and oxygen atoms in total. The highest BCUT2D eigenvalue weighted by Crippen LogP contribution is 2.40. The minimum Gasteiger partial charge on any atom is -0.493 e. The van der Waals surface area contributed by atoms with Crippen molar-refractivity contribution in [1.82, 2.24) is 0 Å². The maximum Gasteiger partial charge on any atom is 0.446 e. The monoisotopic (exact) mass is 700 g/mol. The Balaban J connectivity index is 1.46. The molecule has 5 aromatic rings. The highest BCUT2D eigenvalue weighted by molar-refractivity contribution is 7.81. The van der Waals surface area contributed by atoms with E-state index in [-0.39, 0.29) is 71.7 Å². The zero-order valence-electron chi connectivity index (χ0n) is 27.0. The number of ether oxygens (including phenoxy) is 7. The molecule has 2 heterocycles. The minimum absolute atomic E-state index is 0.00127. The van der Waals surface area contributed by atoms with Crippen LogP contribution in [0.25, 0.3) is 21.9 Å². The third-order valence-electron chi connectivity index (χ3n) is 7.05. The van der Waals surface area contributed by atoms with Crippen LogP contribution in [0.5, 0.6) is 28.7 Å². The molecule has 3 aromatic carbocycles. The number of hydrogen-bond acceptors (Lipinski definition) is 14. The van der Waals surface area contributed by atoms with Gasteiger partial charge in [-0.15, -0.1) is 0 Å². The van der Waals surface area contributed by atoms with E-state index in [9.17, 15) is 22.6 Å². The van der Waals surface area contributed by atoms with Gasteiger partial charge < -0.3 is 46.2 Å². The van der Waals surface area contributed by atoms with E-state index in [0.717, 1.165) is 6.07 Å². The van der Waals surface area contributed by atoms with Gasteiger partial charge in [-0.3, -0.25) is 4.55 Å². The zero-order valence-corrected chi connectivity index (χ0v) is 27.8. The molecular weight excluding hydrogens is 668 g/mol. The summed E-state index contributed by atoms with van der Waals surface area (Å²) in [7, 11) is -0.761. The van der Waals surface area contributed by atoms with E-state index in [0.29, 0.717) is 28.0 Å². The first-order chi connectivity index (χ1) is 23.5. The summed E-state index contributed by atoms with van der Waals surface area (Å²) in [5.41, 5.74) is 1.21. The first kappa shape index (κ1) is 34.9. The summed E-state index contributed by atoms with van der Waals surface area (Å²) in [5.74, 6) is -0.677. The zero-order chi connectivity index (χ0) is 35.3. The predicted molar refractivity (Wildman–Crippen MR) is 171 cm³/mol. The Labute approximate surface area is 280 Å². The first-order valence-electron chi connectivity index (χ1n) is 14.5. The highest BCUT2D eigenvalue weighted by atomic mass is 32.3. The topological polar surface area (TPSA) is 189 Å². The molecule has 0 aliphatic carbocycles. The van der Waals surface area contributed by atoms with Crippen molar-refractivity contribution in [1.29, 1.82) is 0 Å². The van der Waals surface area contributed by atoms with Crippen LogP contribution in [0, 0.1) is 6.92 Å². The molecule has 0 spiro atoms. The second kappa shape index (κ2) is 14.8. The molecule has 0 radical (unpaired) electrons. The molecule has 260 valence electrons.